The molecule has 126 valence electrons. The molecular formula is C20H23NO3. The third-order valence-corrected chi connectivity index (χ3v) is 4.04. The third kappa shape index (κ3) is 4.44. The Morgan fingerprint density at radius 1 is 1.08 bits per heavy atom. The zero-order chi connectivity index (χ0) is 16.6. The van der Waals surface area contributed by atoms with Gasteiger partial charge in [-0.25, -0.2) is 0 Å². The van der Waals surface area contributed by atoms with Crippen LogP contribution in [0.5, 0.6) is 11.5 Å². The number of nitrogens with one attached hydrogen (secondary N) is 1. The number of rotatable bonds is 7. The van der Waals surface area contributed by atoms with Crippen LogP contribution in [0.15, 0.2) is 61.0 Å². The summed E-state index contributed by atoms with van der Waals surface area (Å²) in [6, 6.07) is 16.4. The van der Waals surface area contributed by atoms with Crippen molar-refractivity contribution >= 4 is 0 Å². The molecule has 2 aromatic rings. The van der Waals surface area contributed by atoms with Crippen molar-refractivity contribution in [3.05, 3.63) is 72.1 Å². The van der Waals surface area contributed by atoms with E-state index in [1.54, 1.807) is 19.6 Å². The van der Waals surface area contributed by atoms with Crippen molar-refractivity contribution in [2.24, 2.45) is 0 Å². The van der Waals surface area contributed by atoms with Gasteiger partial charge in [-0.15, -0.1) is 0 Å². The molecule has 24 heavy (non-hydrogen) atoms. The normalized spacial score (nSPS) is 16.1. The van der Waals surface area contributed by atoms with Crippen LogP contribution in [0.2, 0.25) is 0 Å². The highest BCUT2D eigenvalue weighted by Crippen LogP contribution is 2.21. The van der Waals surface area contributed by atoms with Crippen LogP contribution >= 0.6 is 0 Å². The average Bonchev–Trinajstić information content (AvgIpc) is 2.66. The predicted octanol–water partition coefficient (Wildman–Crippen LogP) is 3.32. The number of hydrogen-bond donors (Lipinski definition) is 1. The van der Waals surface area contributed by atoms with Gasteiger partial charge >= 0.3 is 0 Å². The highest BCUT2D eigenvalue weighted by Gasteiger charge is 2.12. The smallest absolute Gasteiger partial charge is 0.149 e. The number of aryl methyl sites for hydroxylation is 2. The van der Waals surface area contributed by atoms with Gasteiger partial charge in [0.15, 0.2) is 0 Å². The van der Waals surface area contributed by atoms with Gasteiger partial charge in [0.05, 0.1) is 19.9 Å². The summed E-state index contributed by atoms with van der Waals surface area (Å²) in [5.41, 5.74) is 2.50. The van der Waals surface area contributed by atoms with Crippen LogP contribution in [0.3, 0.4) is 0 Å². The third-order valence-electron chi connectivity index (χ3n) is 4.04. The summed E-state index contributed by atoms with van der Waals surface area (Å²) in [5, 5.41) is 3.15. The van der Waals surface area contributed by atoms with E-state index in [0.29, 0.717) is 6.61 Å². The lowest BCUT2D eigenvalue weighted by Crippen LogP contribution is -2.33. The van der Waals surface area contributed by atoms with E-state index >= 15 is 0 Å². The Labute approximate surface area is 143 Å². The molecule has 0 spiro atoms. The van der Waals surface area contributed by atoms with E-state index in [-0.39, 0.29) is 6.10 Å². The summed E-state index contributed by atoms with van der Waals surface area (Å²) < 4.78 is 16.7. The lowest BCUT2D eigenvalue weighted by Gasteiger charge is -2.21. The van der Waals surface area contributed by atoms with Crippen LogP contribution in [0.25, 0.3) is 0 Å². The Kier molecular flexibility index (Phi) is 5.61. The average molecular weight is 325 g/mol. The molecule has 0 radical (unpaired) electrons. The van der Waals surface area contributed by atoms with E-state index < -0.39 is 0 Å². The molecule has 1 atom stereocenters. The van der Waals surface area contributed by atoms with Crippen molar-refractivity contribution in [3.8, 4) is 11.5 Å². The molecule has 2 aromatic carbocycles. The topological polar surface area (TPSA) is 39.7 Å². The maximum Gasteiger partial charge on any atom is 0.149 e. The van der Waals surface area contributed by atoms with Crippen molar-refractivity contribution in [1.29, 1.82) is 0 Å². The summed E-state index contributed by atoms with van der Waals surface area (Å²) in [4.78, 5) is 0. The molecule has 4 nitrogen and oxygen atoms in total. The molecule has 0 bridgehead atoms. The maximum atomic E-state index is 5.98. The molecule has 4 heteroatoms. The maximum absolute atomic E-state index is 5.98. The standard InChI is InChI=1S/C20H23NO3/c1-22-18-10-7-16(8-11-18)6-9-17-4-2-3-5-20(17)24-15-19-14-21-12-13-23-19/h2-5,7-8,10-13,19,21H,6,9,14-15H2,1H3/t19-/m1/s1. The van der Waals surface area contributed by atoms with E-state index in [4.69, 9.17) is 14.2 Å². The summed E-state index contributed by atoms with van der Waals surface area (Å²) in [5.74, 6) is 1.82. The zero-order valence-electron chi connectivity index (χ0n) is 13.9. The molecule has 0 saturated carbocycles. The van der Waals surface area contributed by atoms with E-state index in [1.807, 2.05) is 24.3 Å². The van der Waals surface area contributed by atoms with Gasteiger partial charge in [-0.05, 0) is 42.2 Å². The second kappa shape index (κ2) is 8.29. The predicted molar refractivity (Wildman–Crippen MR) is 94.4 cm³/mol. The molecule has 0 saturated heterocycles. The van der Waals surface area contributed by atoms with E-state index in [2.05, 4.69) is 29.6 Å². The molecular weight excluding hydrogens is 302 g/mol. The summed E-state index contributed by atoms with van der Waals surface area (Å²) in [6.45, 7) is 1.31. The van der Waals surface area contributed by atoms with E-state index in [1.165, 1.54) is 11.1 Å². The molecule has 1 N–H and O–H groups in total. The minimum absolute atomic E-state index is 0.0460. The van der Waals surface area contributed by atoms with Gasteiger partial charge in [0.1, 0.15) is 24.2 Å². The van der Waals surface area contributed by atoms with Crippen LogP contribution in [-0.2, 0) is 17.6 Å². The minimum atomic E-state index is 0.0460. The van der Waals surface area contributed by atoms with Crippen LogP contribution in [0.1, 0.15) is 11.1 Å². The first-order valence-electron chi connectivity index (χ1n) is 8.22. The lowest BCUT2D eigenvalue weighted by atomic mass is 10.0. The molecule has 1 heterocycles. The number of ether oxygens (including phenoxy) is 3. The fourth-order valence-electron chi connectivity index (χ4n) is 2.65. The van der Waals surface area contributed by atoms with E-state index in [9.17, 15) is 0 Å². The number of methoxy groups -OCH3 is 1. The zero-order valence-corrected chi connectivity index (χ0v) is 13.9. The van der Waals surface area contributed by atoms with Crippen molar-refractivity contribution < 1.29 is 14.2 Å². The van der Waals surface area contributed by atoms with Gasteiger partial charge < -0.3 is 19.5 Å². The Morgan fingerprint density at radius 3 is 2.67 bits per heavy atom. The molecule has 3 rings (SSSR count). The molecule has 0 fully saturated rings. The van der Waals surface area contributed by atoms with Gasteiger partial charge in [0.25, 0.3) is 0 Å². The van der Waals surface area contributed by atoms with Crippen LogP contribution in [0.4, 0.5) is 0 Å². The molecule has 1 aliphatic heterocycles. The molecule has 1 aliphatic rings. The number of para-hydroxylation sites is 1. The van der Waals surface area contributed by atoms with Crippen molar-refractivity contribution in [1.82, 2.24) is 5.32 Å². The molecule has 0 unspecified atom stereocenters. The van der Waals surface area contributed by atoms with Gasteiger partial charge in [0, 0.05) is 6.20 Å². The number of hydrogen-bond acceptors (Lipinski definition) is 4. The fraction of sp³-hybridized carbons (Fsp3) is 0.300. The van der Waals surface area contributed by atoms with Crippen molar-refractivity contribution in [3.63, 3.8) is 0 Å². The Hall–Kier alpha value is -2.62. The molecule has 0 amide bonds. The molecule has 0 aromatic heterocycles. The monoisotopic (exact) mass is 325 g/mol. The second-order valence-corrected chi connectivity index (χ2v) is 5.74. The van der Waals surface area contributed by atoms with E-state index in [0.717, 1.165) is 30.9 Å². The van der Waals surface area contributed by atoms with Crippen molar-refractivity contribution in [2.45, 2.75) is 18.9 Å². The summed E-state index contributed by atoms with van der Waals surface area (Å²) in [6.07, 6.45) is 5.43. The van der Waals surface area contributed by atoms with Crippen molar-refractivity contribution in [2.75, 3.05) is 20.3 Å². The SMILES string of the molecule is COc1ccc(CCc2ccccc2OC[C@H]2CNC=CO2)cc1. The quantitative estimate of drug-likeness (QED) is 0.848. The Morgan fingerprint density at radius 2 is 1.92 bits per heavy atom. The summed E-state index contributed by atoms with van der Waals surface area (Å²) in [7, 11) is 1.68. The first kappa shape index (κ1) is 16.2. The first-order chi connectivity index (χ1) is 11.8. The Balaban J connectivity index is 1.57. The lowest BCUT2D eigenvalue weighted by molar-refractivity contribution is 0.0797. The largest absolute Gasteiger partial charge is 0.497 e. The van der Waals surface area contributed by atoms with Gasteiger partial charge in [-0.1, -0.05) is 30.3 Å². The number of benzene rings is 2. The van der Waals surface area contributed by atoms with Crippen LogP contribution < -0.4 is 14.8 Å². The van der Waals surface area contributed by atoms with Gasteiger partial charge in [-0.3, -0.25) is 0 Å². The van der Waals surface area contributed by atoms with Gasteiger partial charge in [0.2, 0.25) is 0 Å². The highest BCUT2D eigenvalue weighted by atomic mass is 16.5. The Bertz CT molecular complexity index is 667. The van der Waals surface area contributed by atoms with Gasteiger partial charge in [-0.2, -0.15) is 0 Å². The van der Waals surface area contributed by atoms with Crippen LogP contribution in [0, 0.1) is 0 Å². The second-order valence-electron chi connectivity index (χ2n) is 5.74. The highest BCUT2D eigenvalue weighted by molar-refractivity contribution is 5.35. The first-order valence-corrected chi connectivity index (χ1v) is 8.22. The minimum Gasteiger partial charge on any atom is -0.497 e. The summed E-state index contributed by atoms with van der Waals surface area (Å²) >= 11 is 0. The molecule has 0 aliphatic carbocycles. The fourth-order valence-corrected chi connectivity index (χ4v) is 2.65. The van der Waals surface area contributed by atoms with Crippen LogP contribution in [-0.4, -0.2) is 26.4 Å².